The fraction of sp³-hybridized carbons (Fsp3) is 0.143. The lowest BCUT2D eigenvalue weighted by Gasteiger charge is -2.03. The molecule has 0 aliphatic rings. The van der Waals surface area contributed by atoms with E-state index in [-0.39, 0.29) is 11.0 Å². The zero-order chi connectivity index (χ0) is 10.9. The van der Waals surface area contributed by atoms with Gasteiger partial charge in [0.1, 0.15) is 0 Å². The quantitative estimate of drug-likeness (QED) is 0.671. The minimum Gasteiger partial charge on any atom is -0.423 e. The Labute approximate surface area is 78.4 Å². The first kappa shape index (κ1) is 5.35. The Morgan fingerprint density at radius 2 is 2.27 bits per heavy atom. The van der Waals surface area contributed by atoms with Crippen molar-refractivity contribution in [3.63, 3.8) is 0 Å². The maximum absolute atomic E-state index is 8.95. The fourth-order valence-electron chi connectivity index (χ4n) is 0.754. The molecule has 58 valence electrons. The van der Waals surface area contributed by atoms with Gasteiger partial charge in [0.05, 0.1) is 0 Å². The topological polar surface area (TPSA) is 40.5 Å². The summed E-state index contributed by atoms with van der Waals surface area (Å²) in [5, 5.41) is 17.9. The smallest absolute Gasteiger partial charge is 0.423 e. The fourth-order valence-corrected chi connectivity index (χ4v) is 1.11. The number of hydrogen-bond acceptors (Lipinski definition) is 2. The van der Waals surface area contributed by atoms with Crippen molar-refractivity contribution in [3.05, 3.63) is 28.2 Å². The summed E-state index contributed by atoms with van der Waals surface area (Å²) in [6.45, 7) is -2.34. The minimum absolute atomic E-state index is 0.00759. The number of benzene rings is 1. The van der Waals surface area contributed by atoms with Gasteiger partial charge in [0.15, 0.2) is 0 Å². The summed E-state index contributed by atoms with van der Waals surface area (Å²) in [7, 11) is -1.77. The van der Waals surface area contributed by atoms with E-state index in [0.29, 0.717) is 4.47 Å². The van der Waals surface area contributed by atoms with Crippen molar-refractivity contribution in [1.29, 1.82) is 0 Å². The van der Waals surface area contributed by atoms with Gasteiger partial charge in [0.25, 0.3) is 0 Å². The molecule has 2 nitrogen and oxygen atoms in total. The molecule has 0 unspecified atom stereocenters. The zero-order valence-corrected chi connectivity index (χ0v) is 7.17. The molecule has 11 heavy (non-hydrogen) atoms. The van der Waals surface area contributed by atoms with Crippen LogP contribution in [0.25, 0.3) is 0 Å². The van der Waals surface area contributed by atoms with Crippen LogP contribution in [0, 0.1) is 6.85 Å². The second-order valence-corrected chi connectivity index (χ2v) is 3.02. The average Bonchev–Trinajstić information content (AvgIpc) is 2.01. The molecule has 0 saturated carbocycles. The molecule has 4 heteroatoms. The van der Waals surface area contributed by atoms with Crippen LogP contribution >= 0.6 is 15.9 Å². The van der Waals surface area contributed by atoms with Crippen molar-refractivity contribution in [2.45, 2.75) is 6.85 Å². The second kappa shape index (κ2) is 3.39. The van der Waals surface area contributed by atoms with Crippen LogP contribution in [0.4, 0.5) is 0 Å². The number of halogens is 1. The summed E-state index contributed by atoms with van der Waals surface area (Å²) in [5.74, 6) is 0. The van der Waals surface area contributed by atoms with E-state index in [0.717, 1.165) is 0 Å². The Morgan fingerprint density at radius 3 is 2.82 bits per heavy atom. The molecule has 0 amide bonds. The zero-order valence-electron chi connectivity index (χ0n) is 8.58. The molecule has 0 bridgehead atoms. The molecule has 0 fully saturated rings. The molecule has 0 saturated heterocycles. The van der Waals surface area contributed by atoms with E-state index in [1.54, 1.807) is 6.07 Å². The van der Waals surface area contributed by atoms with E-state index < -0.39 is 14.0 Å². The van der Waals surface area contributed by atoms with Crippen LogP contribution in [0.3, 0.4) is 0 Å². The molecule has 0 aliphatic carbocycles. The van der Waals surface area contributed by atoms with E-state index in [1.807, 2.05) is 0 Å². The molecule has 0 aromatic heterocycles. The summed E-state index contributed by atoms with van der Waals surface area (Å²) >= 11 is 3.12. The van der Waals surface area contributed by atoms with Gasteiger partial charge >= 0.3 is 7.12 Å². The lowest BCUT2D eigenvalue weighted by molar-refractivity contribution is 0.425. The molecular formula is C7H8BBrO2. The van der Waals surface area contributed by atoms with Crippen LogP contribution in [0.1, 0.15) is 9.68 Å². The Balaban J connectivity index is 3.30. The lowest BCUT2D eigenvalue weighted by atomic mass is 9.77. The molecule has 1 rings (SSSR count). The number of hydrogen-bond donors (Lipinski definition) is 2. The number of aryl methyl sites for hydroxylation is 1. The third-order valence-corrected chi connectivity index (χ3v) is 1.79. The van der Waals surface area contributed by atoms with Gasteiger partial charge in [-0.15, -0.1) is 0 Å². The number of rotatable bonds is 1. The standard InChI is InChI=1S/C7H8BBrO2/c1-5-4-6(9)2-3-7(5)8(10)11/h2-4,10-11H,1H3/i1D3. The van der Waals surface area contributed by atoms with Gasteiger partial charge < -0.3 is 10.0 Å². The van der Waals surface area contributed by atoms with Crippen molar-refractivity contribution in [1.82, 2.24) is 0 Å². The van der Waals surface area contributed by atoms with E-state index in [4.69, 9.17) is 14.2 Å². The highest BCUT2D eigenvalue weighted by atomic mass is 79.9. The van der Waals surface area contributed by atoms with Gasteiger partial charge in [-0.1, -0.05) is 27.6 Å². The molecule has 0 heterocycles. The van der Waals surface area contributed by atoms with Gasteiger partial charge in [-0.05, 0) is 24.4 Å². The van der Waals surface area contributed by atoms with Crippen LogP contribution < -0.4 is 5.46 Å². The predicted octanol–water partition coefficient (Wildman–Crippen LogP) is 0.437. The first-order valence-electron chi connectivity index (χ1n) is 4.48. The van der Waals surface area contributed by atoms with E-state index >= 15 is 0 Å². The van der Waals surface area contributed by atoms with Gasteiger partial charge in [0.2, 0.25) is 0 Å². The van der Waals surface area contributed by atoms with Crippen molar-refractivity contribution >= 4 is 28.5 Å². The maximum Gasteiger partial charge on any atom is 0.488 e. The first-order chi connectivity index (χ1) is 6.32. The largest absolute Gasteiger partial charge is 0.488 e. The summed E-state index contributed by atoms with van der Waals surface area (Å²) in [6.07, 6.45) is 0. The van der Waals surface area contributed by atoms with Gasteiger partial charge in [-0.25, -0.2) is 0 Å². The third-order valence-electron chi connectivity index (χ3n) is 1.29. The minimum atomic E-state index is -2.34. The highest BCUT2D eigenvalue weighted by Gasteiger charge is 2.12. The van der Waals surface area contributed by atoms with Crippen molar-refractivity contribution in [3.8, 4) is 0 Å². The molecule has 2 N–H and O–H groups in total. The molecule has 0 spiro atoms. The second-order valence-electron chi connectivity index (χ2n) is 2.11. The Bertz CT molecular complexity index is 340. The van der Waals surface area contributed by atoms with Gasteiger partial charge in [-0.2, -0.15) is 0 Å². The Morgan fingerprint density at radius 1 is 1.55 bits per heavy atom. The summed E-state index contributed by atoms with van der Waals surface area (Å²) in [5.41, 5.74) is -0.0462. The summed E-state index contributed by atoms with van der Waals surface area (Å²) in [6, 6.07) is 4.29. The van der Waals surface area contributed by atoms with Crippen molar-refractivity contribution in [2.24, 2.45) is 0 Å². The maximum atomic E-state index is 8.95. The van der Waals surface area contributed by atoms with Crippen LogP contribution in [-0.4, -0.2) is 17.2 Å². The molecule has 0 atom stereocenters. The predicted molar refractivity (Wildman–Crippen MR) is 48.7 cm³/mol. The molecule has 1 aromatic rings. The Kier molecular flexibility index (Phi) is 1.65. The van der Waals surface area contributed by atoms with Gasteiger partial charge in [-0.3, -0.25) is 0 Å². The van der Waals surface area contributed by atoms with E-state index in [1.165, 1.54) is 12.1 Å². The monoisotopic (exact) mass is 217 g/mol. The van der Waals surface area contributed by atoms with E-state index in [9.17, 15) is 0 Å². The summed E-state index contributed by atoms with van der Waals surface area (Å²) < 4.78 is 22.2. The van der Waals surface area contributed by atoms with Crippen molar-refractivity contribution in [2.75, 3.05) is 0 Å². The summed E-state index contributed by atoms with van der Waals surface area (Å²) in [4.78, 5) is 0. The van der Waals surface area contributed by atoms with Crippen molar-refractivity contribution < 1.29 is 14.2 Å². The van der Waals surface area contributed by atoms with E-state index in [2.05, 4.69) is 15.9 Å². The van der Waals surface area contributed by atoms with Crippen LogP contribution in [0.2, 0.25) is 0 Å². The SMILES string of the molecule is [2H]C([2H])([2H])c1cc(Br)ccc1B(O)O. The first-order valence-corrected chi connectivity index (χ1v) is 3.78. The van der Waals surface area contributed by atoms with Gasteiger partial charge in [0, 0.05) is 8.58 Å². The average molecular weight is 218 g/mol. The molecule has 0 aliphatic heterocycles. The Hall–Kier alpha value is -0.315. The molecule has 1 aromatic carbocycles. The van der Waals surface area contributed by atoms with Crippen LogP contribution in [-0.2, 0) is 0 Å². The van der Waals surface area contributed by atoms with Crippen LogP contribution in [0.15, 0.2) is 22.7 Å². The highest BCUT2D eigenvalue weighted by molar-refractivity contribution is 9.10. The lowest BCUT2D eigenvalue weighted by Crippen LogP contribution is -2.31. The highest BCUT2D eigenvalue weighted by Crippen LogP contribution is 2.09. The van der Waals surface area contributed by atoms with Crippen LogP contribution in [0.5, 0.6) is 0 Å². The molecule has 0 radical (unpaired) electrons. The molecular weight excluding hydrogens is 207 g/mol. The normalized spacial score (nSPS) is 15.0. The third kappa shape index (κ3) is 2.05.